The van der Waals surface area contributed by atoms with E-state index in [0.717, 1.165) is 16.0 Å². The molecule has 2 aliphatic heterocycles. The lowest BCUT2D eigenvalue weighted by atomic mass is 10.0. The summed E-state index contributed by atoms with van der Waals surface area (Å²) in [5, 5.41) is 1.38. The molecule has 0 bridgehead atoms. The molecule has 0 saturated heterocycles. The van der Waals surface area contributed by atoms with Gasteiger partial charge in [-0.2, -0.15) is 0 Å². The van der Waals surface area contributed by atoms with Crippen LogP contribution in [0.2, 0.25) is 0 Å². The molecule has 3 heterocycles. The van der Waals surface area contributed by atoms with Crippen molar-refractivity contribution in [1.82, 2.24) is 9.71 Å². The molecule has 0 radical (unpaired) electrons. The van der Waals surface area contributed by atoms with E-state index in [1.165, 1.54) is 11.0 Å². The summed E-state index contributed by atoms with van der Waals surface area (Å²) in [6.07, 6.45) is 6.16. The van der Waals surface area contributed by atoms with Gasteiger partial charge in [-0.15, -0.1) is 0 Å². The average Bonchev–Trinajstić information content (AvgIpc) is 3.60. The first-order valence-electron chi connectivity index (χ1n) is 17.5. The summed E-state index contributed by atoms with van der Waals surface area (Å²) in [5.74, 6) is 11.6. The fourth-order valence-corrected chi connectivity index (χ4v) is 7.71. The maximum absolute atomic E-state index is 14.0. The summed E-state index contributed by atoms with van der Waals surface area (Å²) in [5.41, 5.74) is 6.22. The zero-order valence-electron chi connectivity index (χ0n) is 31.0. The number of nitrogens with one attached hydrogen (secondary N) is 1. The van der Waals surface area contributed by atoms with Crippen molar-refractivity contribution in [3.63, 3.8) is 0 Å². The normalized spacial score (nSPS) is 14.0. The van der Waals surface area contributed by atoms with E-state index < -0.39 is 15.9 Å². The summed E-state index contributed by atoms with van der Waals surface area (Å²) >= 11 is 0. The molecule has 3 amide bonds. The van der Waals surface area contributed by atoms with Crippen molar-refractivity contribution >= 4 is 55.6 Å². The van der Waals surface area contributed by atoms with Crippen LogP contribution in [0.15, 0.2) is 138 Å². The molecule has 1 N–H and O–H groups in total. The zero-order valence-corrected chi connectivity index (χ0v) is 31.9. The number of sulfonamides is 1. The molecule has 0 aliphatic carbocycles. The third kappa shape index (κ3) is 7.25. The second-order valence-corrected chi connectivity index (χ2v) is 15.2. The number of allylic oxidation sites excluding steroid dienone is 1. The highest BCUT2D eigenvalue weighted by atomic mass is 32.2. The lowest BCUT2D eigenvalue weighted by molar-refractivity contribution is -0.120. The third-order valence-electron chi connectivity index (χ3n) is 9.37. The molecule has 56 heavy (non-hydrogen) atoms. The number of fused-ring (bicyclic) bond motifs is 1. The molecule has 0 saturated carbocycles. The monoisotopic (exact) mass is 757 g/mol. The van der Waals surface area contributed by atoms with E-state index in [4.69, 9.17) is 0 Å². The van der Waals surface area contributed by atoms with Crippen LogP contribution in [0.5, 0.6) is 0 Å². The Kier molecular flexibility index (Phi) is 9.98. The zero-order chi connectivity index (χ0) is 39.7. The van der Waals surface area contributed by atoms with E-state index in [0.29, 0.717) is 61.4 Å². The van der Waals surface area contributed by atoms with Gasteiger partial charge in [-0.1, -0.05) is 54.5 Å². The van der Waals surface area contributed by atoms with Crippen LogP contribution in [0.25, 0.3) is 10.8 Å². The van der Waals surface area contributed by atoms with E-state index >= 15 is 0 Å². The fraction of sp³-hybridized carbons (Fsp3) is 0.111. The van der Waals surface area contributed by atoms with Crippen LogP contribution in [-0.2, 0) is 31.0 Å². The number of imide groups is 1. The van der Waals surface area contributed by atoms with Gasteiger partial charge in [-0.3, -0.25) is 24.3 Å². The number of aromatic nitrogens is 1. The minimum Gasteiger partial charge on any atom is -0.377 e. The molecular weight excluding hydrogens is 723 g/mol. The Balaban J connectivity index is 1.22. The van der Waals surface area contributed by atoms with Gasteiger partial charge < -0.3 is 4.90 Å². The van der Waals surface area contributed by atoms with Gasteiger partial charge in [0.2, 0.25) is 10.0 Å². The smallest absolute Gasteiger partial charge is 0.261 e. The van der Waals surface area contributed by atoms with Gasteiger partial charge in [0.05, 0.1) is 10.6 Å². The van der Waals surface area contributed by atoms with Crippen molar-refractivity contribution < 1.29 is 22.8 Å². The molecule has 10 nitrogen and oxygen atoms in total. The van der Waals surface area contributed by atoms with E-state index in [1.54, 1.807) is 99.0 Å². The standard InChI is InChI=1S/C45H35N5O5S/c1-29-24-31(3)49(44(29)52)36-20-14-32(15-21-36)12-18-34-26-46-27-35(19-13-33-16-22-37(23-17-33)50-43(51)25-30(2)45(50)53)40(34)28-47-56(54,55)42-11-7-8-38-39(42)9-6-10-41(38)48(4)5/h6-11,14-17,20-27,47H,3,28H2,1-2,4-5H3. The molecule has 11 heteroatoms. The van der Waals surface area contributed by atoms with E-state index in [-0.39, 0.29) is 23.3 Å². The van der Waals surface area contributed by atoms with Crippen molar-refractivity contribution in [1.29, 1.82) is 0 Å². The Morgan fingerprint density at radius 2 is 1.23 bits per heavy atom. The van der Waals surface area contributed by atoms with Crippen LogP contribution in [0, 0.1) is 23.7 Å². The van der Waals surface area contributed by atoms with Crippen molar-refractivity contribution in [2.45, 2.75) is 25.3 Å². The van der Waals surface area contributed by atoms with Crippen LogP contribution >= 0.6 is 0 Å². The quantitative estimate of drug-likeness (QED) is 0.155. The Morgan fingerprint density at radius 1 is 0.696 bits per heavy atom. The molecule has 276 valence electrons. The van der Waals surface area contributed by atoms with Gasteiger partial charge in [0.1, 0.15) is 0 Å². The molecule has 5 aromatic rings. The maximum Gasteiger partial charge on any atom is 0.261 e. The number of anilines is 3. The number of nitrogens with zero attached hydrogens (tertiary/aromatic N) is 4. The molecule has 1 aromatic heterocycles. The first-order valence-corrected chi connectivity index (χ1v) is 19.0. The van der Waals surface area contributed by atoms with Crippen LogP contribution in [0.3, 0.4) is 0 Å². The maximum atomic E-state index is 14.0. The Bertz CT molecular complexity index is 2670. The number of hydrogen-bond donors (Lipinski definition) is 1. The number of hydrogen-bond acceptors (Lipinski definition) is 7. The molecule has 2 aliphatic rings. The SMILES string of the molecule is C=C1C=C(C)C(=O)N1c1ccc(C#Cc2cncc(C#Cc3ccc(N4C(=O)C=C(C)C4=O)cc3)c2CNS(=O)(=O)c2cccc3c(N(C)C)cccc23)cc1. The molecular formula is C45H35N5O5S. The number of rotatable bonds is 7. The minimum absolute atomic E-state index is 0.133. The number of carbonyl (C=O) groups is 3. The van der Waals surface area contributed by atoms with Gasteiger partial charge in [0, 0.05) is 106 Å². The Hall–Kier alpha value is -7.05. The molecule has 0 unspecified atom stereocenters. The predicted octanol–water partition coefficient (Wildman–Crippen LogP) is 6.21. The van der Waals surface area contributed by atoms with Gasteiger partial charge >= 0.3 is 0 Å². The lowest BCUT2D eigenvalue weighted by Crippen LogP contribution is -2.30. The van der Waals surface area contributed by atoms with E-state index in [1.807, 2.05) is 37.2 Å². The van der Waals surface area contributed by atoms with Gasteiger partial charge in [0.25, 0.3) is 17.7 Å². The number of carbonyl (C=O) groups excluding carboxylic acids is 3. The van der Waals surface area contributed by atoms with Crippen molar-refractivity contribution in [3.05, 3.63) is 161 Å². The van der Waals surface area contributed by atoms with Crippen LogP contribution in [0.1, 0.15) is 41.7 Å². The summed E-state index contributed by atoms with van der Waals surface area (Å²) in [6.45, 7) is 7.18. The Morgan fingerprint density at radius 3 is 1.77 bits per heavy atom. The average molecular weight is 758 g/mol. The Labute approximate surface area is 325 Å². The largest absolute Gasteiger partial charge is 0.377 e. The van der Waals surface area contributed by atoms with Gasteiger partial charge in [-0.25, -0.2) is 18.0 Å². The molecule has 7 rings (SSSR count). The second-order valence-electron chi connectivity index (χ2n) is 13.4. The molecule has 0 fully saturated rings. The third-order valence-corrected chi connectivity index (χ3v) is 10.8. The predicted molar refractivity (Wildman–Crippen MR) is 218 cm³/mol. The first-order chi connectivity index (χ1) is 26.8. The van der Waals surface area contributed by atoms with Gasteiger partial charge in [0.15, 0.2) is 0 Å². The number of amides is 3. The highest BCUT2D eigenvalue weighted by molar-refractivity contribution is 7.89. The summed E-state index contributed by atoms with van der Waals surface area (Å²) < 4.78 is 30.8. The summed E-state index contributed by atoms with van der Waals surface area (Å²) in [7, 11) is -0.228. The molecule has 4 aromatic carbocycles. The van der Waals surface area contributed by atoms with Crippen molar-refractivity contribution in [3.8, 4) is 23.7 Å². The van der Waals surface area contributed by atoms with E-state index in [9.17, 15) is 22.8 Å². The van der Waals surface area contributed by atoms with Crippen LogP contribution < -0.4 is 19.4 Å². The van der Waals surface area contributed by atoms with Crippen molar-refractivity contribution in [2.75, 3.05) is 28.8 Å². The van der Waals surface area contributed by atoms with Gasteiger partial charge in [-0.05, 0) is 80.6 Å². The fourth-order valence-electron chi connectivity index (χ4n) is 6.49. The number of benzene rings is 4. The minimum atomic E-state index is -4.04. The topological polar surface area (TPSA) is 120 Å². The lowest BCUT2D eigenvalue weighted by Gasteiger charge is -2.17. The van der Waals surface area contributed by atoms with Crippen LogP contribution in [-0.4, -0.2) is 45.2 Å². The van der Waals surface area contributed by atoms with Crippen molar-refractivity contribution in [2.24, 2.45) is 0 Å². The van der Waals surface area contributed by atoms with E-state index in [2.05, 4.69) is 40.0 Å². The molecule has 0 spiro atoms. The highest BCUT2D eigenvalue weighted by Gasteiger charge is 2.29. The van der Waals surface area contributed by atoms with Crippen LogP contribution in [0.4, 0.5) is 17.1 Å². The second kappa shape index (κ2) is 15.0. The first kappa shape index (κ1) is 37.3. The highest BCUT2D eigenvalue weighted by Crippen LogP contribution is 2.31. The summed E-state index contributed by atoms with van der Waals surface area (Å²) in [6, 6.07) is 24.6. The summed E-state index contributed by atoms with van der Waals surface area (Å²) in [4.78, 5) is 46.6. The number of pyridine rings is 1. The molecule has 0 atom stereocenters.